The van der Waals surface area contributed by atoms with Gasteiger partial charge in [0.1, 0.15) is 0 Å². The summed E-state index contributed by atoms with van der Waals surface area (Å²) < 4.78 is 1.66. The summed E-state index contributed by atoms with van der Waals surface area (Å²) in [5.41, 5.74) is 2.02. The minimum absolute atomic E-state index is 0.0617. The molecule has 0 amide bonds. The van der Waals surface area contributed by atoms with Gasteiger partial charge < -0.3 is 0 Å². The van der Waals surface area contributed by atoms with Crippen molar-refractivity contribution in [3.05, 3.63) is 101 Å². The number of non-ortho nitro benzene ring substituents is 1. The van der Waals surface area contributed by atoms with E-state index in [2.05, 4.69) is 29.2 Å². The van der Waals surface area contributed by atoms with Gasteiger partial charge in [-0.1, -0.05) is 42.5 Å². The summed E-state index contributed by atoms with van der Waals surface area (Å²) in [6.07, 6.45) is 3.38. The van der Waals surface area contributed by atoms with Gasteiger partial charge in [0.2, 0.25) is 5.78 Å². The molecule has 0 fully saturated rings. The highest BCUT2D eigenvalue weighted by atomic mass is 16.6. The van der Waals surface area contributed by atoms with Crippen molar-refractivity contribution in [2.45, 2.75) is 6.54 Å². The Morgan fingerprint density at radius 3 is 2.54 bits per heavy atom. The standard InChI is InChI=1S/C22H16N3O3/c26-22(19-6-3-7-20(13-19)25(27)28)14-24-11-10-21(23-15-24)18-9-8-16-4-1-2-5-17(16)12-18/h1-13,15H,14H2/q+1. The Balaban J connectivity index is 1.53. The Kier molecular flexibility index (Phi) is 4.60. The molecule has 28 heavy (non-hydrogen) atoms. The number of carbonyl (C=O) groups excluding carboxylic acids is 1. The number of nitrogens with zero attached hydrogens (tertiary/aromatic N) is 3. The molecule has 4 rings (SSSR count). The molecule has 0 saturated heterocycles. The lowest BCUT2D eigenvalue weighted by atomic mass is 10.1. The van der Waals surface area contributed by atoms with Crippen molar-refractivity contribution in [2.24, 2.45) is 0 Å². The van der Waals surface area contributed by atoms with E-state index in [0.717, 1.165) is 16.6 Å². The topological polar surface area (TPSA) is 77.0 Å². The van der Waals surface area contributed by atoms with Gasteiger partial charge in [-0.2, -0.15) is 0 Å². The number of hydrogen-bond donors (Lipinski definition) is 0. The third-order valence-electron chi connectivity index (χ3n) is 4.52. The van der Waals surface area contributed by atoms with Gasteiger partial charge in [-0.25, -0.2) is 4.57 Å². The van der Waals surface area contributed by atoms with Crippen LogP contribution in [-0.4, -0.2) is 15.7 Å². The highest BCUT2D eigenvalue weighted by molar-refractivity contribution is 5.95. The highest BCUT2D eigenvalue weighted by Gasteiger charge is 2.15. The molecule has 1 aromatic heterocycles. The number of fused-ring (bicyclic) bond motifs is 1. The average molecular weight is 370 g/mol. The Bertz CT molecular complexity index is 1190. The molecule has 0 radical (unpaired) electrons. The van der Waals surface area contributed by atoms with Crippen molar-refractivity contribution < 1.29 is 14.3 Å². The minimum Gasteiger partial charge on any atom is -0.290 e. The zero-order valence-corrected chi connectivity index (χ0v) is 14.9. The lowest BCUT2D eigenvalue weighted by Gasteiger charge is -2.02. The second kappa shape index (κ2) is 7.36. The number of ketones is 1. The van der Waals surface area contributed by atoms with Crippen LogP contribution in [0.5, 0.6) is 0 Å². The molecule has 0 spiro atoms. The fraction of sp³-hybridized carbons (Fsp3) is 0.0455. The highest BCUT2D eigenvalue weighted by Crippen LogP contribution is 2.22. The van der Waals surface area contributed by atoms with Crippen molar-refractivity contribution in [3.8, 4) is 11.3 Å². The maximum atomic E-state index is 12.4. The first-order chi connectivity index (χ1) is 13.6. The maximum absolute atomic E-state index is 12.4. The SMILES string of the molecule is O=C(C[n+]1ccc(-c2ccc3ccccc3c2)nc1)c1cccc([N+](=O)[O-])c1. The van der Waals surface area contributed by atoms with Gasteiger partial charge in [0, 0.05) is 29.3 Å². The summed E-state index contributed by atoms with van der Waals surface area (Å²) in [4.78, 5) is 27.2. The van der Waals surface area contributed by atoms with Gasteiger partial charge in [0.15, 0.2) is 12.2 Å². The monoisotopic (exact) mass is 370 g/mol. The molecule has 0 atom stereocenters. The lowest BCUT2D eigenvalue weighted by molar-refractivity contribution is -0.686. The predicted octanol–water partition coefficient (Wildman–Crippen LogP) is 3.98. The van der Waals surface area contributed by atoms with Crippen LogP contribution in [0.1, 0.15) is 10.4 Å². The van der Waals surface area contributed by atoms with Gasteiger partial charge in [0.25, 0.3) is 12.0 Å². The van der Waals surface area contributed by atoms with E-state index in [1.165, 1.54) is 23.6 Å². The molecule has 0 aliphatic rings. The number of hydrogen-bond acceptors (Lipinski definition) is 4. The summed E-state index contributed by atoms with van der Waals surface area (Å²) >= 11 is 0. The molecule has 136 valence electrons. The predicted molar refractivity (Wildman–Crippen MR) is 105 cm³/mol. The van der Waals surface area contributed by atoms with E-state index >= 15 is 0 Å². The first-order valence-electron chi connectivity index (χ1n) is 8.72. The number of benzene rings is 3. The summed E-state index contributed by atoms with van der Waals surface area (Å²) in [6.45, 7) is 0.0617. The molecule has 6 nitrogen and oxygen atoms in total. The summed E-state index contributed by atoms with van der Waals surface area (Å²) in [6, 6.07) is 21.9. The summed E-state index contributed by atoms with van der Waals surface area (Å²) in [7, 11) is 0. The van der Waals surface area contributed by atoms with Crippen molar-refractivity contribution in [2.75, 3.05) is 0 Å². The zero-order valence-electron chi connectivity index (χ0n) is 14.9. The molecular weight excluding hydrogens is 354 g/mol. The van der Waals surface area contributed by atoms with Crippen LogP contribution in [0.2, 0.25) is 0 Å². The van der Waals surface area contributed by atoms with Crippen LogP contribution in [0.25, 0.3) is 22.0 Å². The molecule has 0 N–H and O–H groups in total. The van der Waals surface area contributed by atoms with E-state index in [4.69, 9.17) is 0 Å². The number of nitro groups is 1. The van der Waals surface area contributed by atoms with E-state index < -0.39 is 4.92 Å². The Morgan fingerprint density at radius 2 is 1.79 bits per heavy atom. The van der Waals surface area contributed by atoms with Crippen LogP contribution >= 0.6 is 0 Å². The van der Waals surface area contributed by atoms with Crippen molar-refractivity contribution >= 4 is 22.2 Å². The van der Waals surface area contributed by atoms with E-state index in [-0.39, 0.29) is 18.0 Å². The molecule has 4 aromatic rings. The van der Waals surface area contributed by atoms with Crippen LogP contribution in [0.15, 0.2) is 85.3 Å². The van der Waals surface area contributed by atoms with Crippen molar-refractivity contribution in [3.63, 3.8) is 0 Å². The number of carbonyl (C=O) groups is 1. The Hall–Kier alpha value is -3.93. The van der Waals surface area contributed by atoms with Crippen LogP contribution in [-0.2, 0) is 6.54 Å². The molecule has 0 bridgehead atoms. The quantitative estimate of drug-likeness (QED) is 0.230. The van der Waals surface area contributed by atoms with Crippen molar-refractivity contribution in [1.29, 1.82) is 0 Å². The van der Waals surface area contributed by atoms with Crippen LogP contribution in [0, 0.1) is 10.1 Å². The Labute approximate surface area is 160 Å². The van der Waals surface area contributed by atoms with Gasteiger partial charge in [0.05, 0.1) is 11.1 Å². The molecular formula is C22H16N3O3+. The maximum Gasteiger partial charge on any atom is 0.287 e. The van der Waals surface area contributed by atoms with Gasteiger partial charge in [-0.15, -0.1) is 0 Å². The fourth-order valence-electron chi connectivity index (χ4n) is 3.05. The first kappa shape index (κ1) is 17.5. The van der Waals surface area contributed by atoms with Crippen LogP contribution in [0.4, 0.5) is 5.69 Å². The summed E-state index contributed by atoms with van der Waals surface area (Å²) in [5.74, 6) is -0.214. The first-order valence-corrected chi connectivity index (χ1v) is 8.72. The van der Waals surface area contributed by atoms with Gasteiger partial charge in [-0.05, 0) is 27.9 Å². The van der Waals surface area contributed by atoms with Gasteiger partial charge in [-0.3, -0.25) is 14.9 Å². The molecule has 3 aromatic carbocycles. The Morgan fingerprint density at radius 1 is 0.964 bits per heavy atom. The largest absolute Gasteiger partial charge is 0.290 e. The van der Waals surface area contributed by atoms with Gasteiger partial charge >= 0.3 is 0 Å². The minimum atomic E-state index is -0.510. The second-order valence-corrected chi connectivity index (χ2v) is 6.41. The molecule has 0 aliphatic heterocycles. The second-order valence-electron chi connectivity index (χ2n) is 6.41. The average Bonchev–Trinajstić information content (AvgIpc) is 2.74. The molecule has 0 aliphatic carbocycles. The molecule has 1 heterocycles. The number of rotatable bonds is 5. The lowest BCUT2D eigenvalue weighted by Crippen LogP contribution is -2.37. The third-order valence-corrected chi connectivity index (χ3v) is 4.52. The van der Waals surface area contributed by atoms with E-state index in [1.807, 2.05) is 24.3 Å². The van der Waals surface area contributed by atoms with Crippen molar-refractivity contribution in [1.82, 2.24) is 4.98 Å². The van der Waals surface area contributed by atoms with E-state index in [9.17, 15) is 14.9 Å². The zero-order chi connectivity index (χ0) is 19.5. The number of nitro benzene ring substituents is 1. The third kappa shape index (κ3) is 3.61. The smallest absolute Gasteiger partial charge is 0.287 e. The fourth-order valence-corrected chi connectivity index (χ4v) is 3.05. The van der Waals surface area contributed by atoms with Crippen LogP contribution < -0.4 is 4.57 Å². The normalized spacial score (nSPS) is 10.7. The molecule has 6 heteroatoms. The number of Topliss-reactive ketones (excluding diaryl/α,β-unsaturated/α-hetero) is 1. The molecule has 0 unspecified atom stereocenters. The molecule has 0 saturated carbocycles. The van der Waals surface area contributed by atoms with E-state index in [1.54, 1.807) is 23.2 Å². The van der Waals surface area contributed by atoms with E-state index in [0.29, 0.717) is 5.56 Å². The number of aromatic nitrogens is 2. The summed E-state index contributed by atoms with van der Waals surface area (Å²) in [5, 5.41) is 13.2. The van der Waals surface area contributed by atoms with Crippen LogP contribution in [0.3, 0.4) is 0 Å².